The summed E-state index contributed by atoms with van der Waals surface area (Å²) in [6.45, 7) is 0.316. The van der Waals surface area contributed by atoms with Gasteiger partial charge in [0.15, 0.2) is 0 Å². The summed E-state index contributed by atoms with van der Waals surface area (Å²) in [4.78, 5) is 9.96. The van der Waals surface area contributed by atoms with Crippen LogP contribution in [0.3, 0.4) is 0 Å². The van der Waals surface area contributed by atoms with Gasteiger partial charge in [-0.2, -0.15) is 23.5 Å². The maximum absolute atomic E-state index is 12.2. The van der Waals surface area contributed by atoms with Crippen LogP contribution in [0.4, 0.5) is 5.69 Å². The Morgan fingerprint density at radius 3 is 2.81 bits per heavy atom. The Kier molecular flexibility index (Phi) is 5.78. The van der Waals surface area contributed by atoms with Gasteiger partial charge in [-0.15, -0.1) is 0 Å². The van der Waals surface area contributed by atoms with Gasteiger partial charge in [0.05, 0.1) is 9.82 Å². The maximum atomic E-state index is 12.2. The van der Waals surface area contributed by atoms with E-state index in [4.69, 9.17) is 11.6 Å². The molecule has 1 unspecified atom stereocenters. The van der Waals surface area contributed by atoms with Crippen LogP contribution >= 0.6 is 35.1 Å². The van der Waals surface area contributed by atoms with Gasteiger partial charge in [-0.05, 0) is 12.1 Å². The third-order valence-corrected chi connectivity index (χ3v) is 7.40. The predicted octanol–water partition coefficient (Wildman–Crippen LogP) is 2.38. The summed E-state index contributed by atoms with van der Waals surface area (Å²) in [7, 11) is -3.77. The van der Waals surface area contributed by atoms with Crippen LogP contribution in [0.5, 0.6) is 0 Å². The number of nitrogens with one attached hydrogen (secondary N) is 1. The van der Waals surface area contributed by atoms with Crippen LogP contribution in [-0.2, 0) is 10.0 Å². The number of hydrogen-bond acceptors (Lipinski definition) is 6. The maximum Gasteiger partial charge on any atom is 0.289 e. The van der Waals surface area contributed by atoms with E-state index in [2.05, 4.69) is 4.72 Å². The molecule has 1 aromatic rings. The topological polar surface area (TPSA) is 89.3 Å². The van der Waals surface area contributed by atoms with Crippen molar-refractivity contribution in [2.45, 2.75) is 10.1 Å². The molecular weight excluding hydrogens is 356 g/mol. The van der Waals surface area contributed by atoms with Gasteiger partial charge in [-0.1, -0.05) is 11.6 Å². The largest absolute Gasteiger partial charge is 0.289 e. The van der Waals surface area contributed by atoms with Crippen molar-refractivity contribution in [2.75, 3.05) is 23.8 Å². The number of nitrogens with zero attached hydrogens (tertiary/aromatic N) is 1. The van der Waals surface area contributed by atoms with Crippen molar-refractivity contribution in [1.29, 1.82) is 0 Å². The SMILES string of the molecule is O=[N+]([O-])c1cc(S(=O)(=O)NCC2CSCCS2)ccc1Cl. The summed E-state index contributed by atoms with van der Waals surface area (Å²) < 4.78 is 26.8. The third kappa shape index (κ3) is 4.49. The molecule has 0 saturated carbocycles. The number of rotatable bonds is 5. The first-order valence-electron chi connectivity index (χ1n) is 6.03. The highest BCUT2D eigenvalue weighted by Gasteiger charge is 2.22. The van der Waals surface area contributed by atoms with E-state index in [0.29, 0.717) is 6.54 Å². The van der Waals surface area contributed by atoms with Crippen molar-refractivity contribution in [2.24, 2.45) is 0 Å². The van der Waals surface area contributed by atoms with Crippen LogP contribution in [0.1, 0.15) is 0 Å². The zero-order chi connectivity index (χ0) is 15.5. The highest BCUT2D eigenvalue weighted by molar-refractivity contribution is 8.06. The Labute approximate surface area is 136 Å². The van der Waals surface area contributed by atoms with Gasteiger partial charge in [-0.25, -0.2) is 13.1 Å². The average molecular weight is 369 g/mol. The third-order valence-electron chi connectivity index (χ3n) is 2.81. The molecular formula is C11H13ClN2O4S3. The number of halogens is 1. The van der Waals surface area contributed by atoms with E-state index in [1.165, 1.54) is 12.1 Å². The van der Waals surface area contributed by atoms with Crippen molar-refractivity contribution < 1.29 is 13.3 Å². The molecule has 1 N–H and O–H groups in total. The summed E-state index contributed by atoms with van der Waals surface area (Å²) in [5.74, 6) is 2.98. The van der Waals surface area contributed by atoms with Crippen LogP contribution in [0.25, 0.3) is 0 Å². The molecule has 1 fully saturated rings. The summed E-state index contributed by atoms with van der Waals surface area (Å²) in [5.41, 5.74) is -0.415. The van der Waals surface area contributed by atoms with E-state index in [9.17, 15) is 18.5 Å². The van der Waals surface area contributed by atoms with E-state index in [0.717, 1.165) is 23.3 Å². The van der Waals surface area contributed by atoms with Crippen molar-refractivity contribution in [3.8, 4) is 0 Å². The van der Waals surface area contributed by atoms with E-state index < -0.39 is 20.6 Å². The molecule has 0 spiro atoms. The normalized spacial score (nSPS) is 19.4. The fraction of sp³-hybridized carbons (Fsp3) is 0.455. The lowest BCUT2D eigenvalue weighted by Crippen LogP contribution is -2.33. The number of sulfonamides is 1. The second-order valence-corrected chi connectivity index (χ2v) is 9.02. The molecule has 10 heteroatoms. The van der Waals surface area contributed by atoms with Gasteiger partial charge in [-0.3, -0.25) is 10.1 Å². The molecule has 21 heavy (non-hydrogen) atoms. The van der Waals surface area contributed by atoms with Crippen LogP contribution in [-0.4, -0.2) is 42.4 Å². The minimum Gasteiger partial charge on any atom is -0.258 e. The van der Waals surface area contributed by atoms with Crippen molar-refractivity contribution in [3.63, 3.8) is 0 Å². The Morgan fingerprint density at radius 1 is 1.43 bits per heavy atom. The Balaban J connectivity index is 2.11. The van der Waals surface area contributed by atoms with E-state index in [1.807, 2.05) is 0 Å². The summed E-state index contributed by atoms with van der Waals surface area (Å²) in [6.07, 6.45) is 0. The second-order valence-electron chi connectivity index (χ2n) is 4.29. The monoisotopic (exact) mass is 368 g/mol. The quantitative estimate of drug-likeness (QED) is 0.634. The number of nitro groups is 1. The van der Waals surface area contributed by atoms with Crippen LogP contribution in [0.15, 0.2) is 23.1 Å². The first-order valence-corrected chi connectivity index (χ1v) is 10.1. The molecule has 1 heterocycles. The first kappa shape index (κ1) is 16.9. The summed E-state index contributed by atoms with van der Waals surface area (Å²) >= 11 is 9.20. The summed E-state index contributed by atoms with van der Waals surface area (Å²) in [5, 5.41) is 10.9. The minimum atomic E-state index is -3.77. The summed E-state index contributed by atoms with van der Waals surface area (Å²) in [6, 6.07) is 3.47. The van der Waals surface area contributed by atoms with Gasteiger partial charge in [0.1, 0.15) is 5.02 Å². The fourth-order valence-corrected chi connectivity index (χ4v) is 5.75. The highest BCUT2D eigenvalue weighted by Crippen LogP contribution is 2.27. The molecule has 6 nitrogen and oxygen atoms in total. The lowest BCUT2D eigenvalue weighted by atomic mass is 10.3. The molecule has 0 bridgehead atoms. The number of hydrogen-bond donors (Lipinski definition) is 1. The molecule has 0 amide bonds. The van der Waals surface area contributed by atoms with Gasteiger partial charge >= 0.3 is 0 Å². The molecule has 1 saturated heterocycles. The molecule has 1 atom stereocenters. The van der Waals surface area contributed by atoms with Crippen molar-refractivity contribution in [1.82, 2.24) is 4.72 Å². The zero-order valence-corrected chi connectivity index (χ0v) is 14.0. The first-order chi connectivity index (χ1) is 9.90. The van der Waals surface area contributed by atoms with E-state index in [-0.39, 0.29) is 15.2 Å². The van der Waals surface area contributed by atoms with Gasteiger partial charge in [0.25, 0.3) is 5.69 Å². The van der Waals surface area contributed by atoms with Gasteiger partial charge in [0, 0.05) is 35.1 Å². The average Bonchev–Trinajstić information content (AvgIpc) is 2.46. The molecule has 1 aliphatic heterocycles. The lowest BCUT2D eigenvalue weighted by molar-refractivity contribution is -0.384. The van der Waals surface area contributed by atoms with Gasteiger partial charge < -0.3 is 0 Å². The predicted molar refractivity (Wildman–Crippen MR) is 86.9 cm³/mol. The van der Waals surface area contributed by atoms with E-state index >= 15 is 0 Å². The Bertz CT molecular complexity index is 632. The standard InChI is InChI=1S/C11H13ClN2O4S3/c12-10-2-1-9(5-11(10)14(15)16)21(17,18)13-6-8-7-19-3-4-20-8/h1-2,5,8,13H,3-4,6-7H2. The molecule has 1 aromatic carbocycles. The minimum absolute atomic E-state index is 0.0850. The number of nitro benzene ring substituents is 1. The Hall–Kier alpha value is -0.480. The highest BCUT2D eigenvalue weighted by atomic mass is 35.5. The van der Waals surface area contributed by atoms with E-state index in [1.54, 1.807) is 23.5 Å². The smallest absolute Gasteiger partial charge is 0.258 e. The molecule has 0 aromatic heterocycles. The lowest BCUT2D eigenvalue weighted by Gasteiger charge is -2.21. The Morgan fingerprint density at radius 2 is 2.19 bits per heavy atom. The zero-order valence-electron chi connectivity index (χ0n) is 10.8. The van der Waals surface area contributed by atoms with Crippen LogP contribution in [0.2, 0.25) is 5.02 Å². The molecule has 0 radical (unpaired) electrons. The van der Waals surface area contributed by atoms with Crippen LogP contribution < -0.4 is 4.72 Å². The number of benzene rings is 1. The van der Waals surface area contributed by atoms with Crippen LogP contribution in [0, 0.1) is 10.1 Å². The fourth-order valence-electron chi connectivity index (χ4n) is 1.74. The van der Waals surface area contributed by atoms with Gasteiger partial charge in [0.2, 0.25) is 10.0 Å². The van der Waals surface area contributed by atoms with Crippen molar-refractivity contribution >= 4 is 50.8 Å². The number of thioether (sulfide) groups is 2. The second kappa shape index (κ2) is 7.19. The molecule has 0 aliphatic carbocycles. The molecule has 2 rings (SSSR count). The molecule has 116 valence electrons. The van der Waals surface area contributed by atoms with Crippen molar-refractivity contribution in [3.05, 3.63) is 33.3 Å². The molecule has 1 aliphatic rings.